The number of halogens is 3. The van der Waals surface area contributed by atoms with Gasteiger partial charge in [0.05, 0.1) is 11.6 Å². The van der Waals surface area contributed by atoms with Crippen LogP contribution in [0.4, 0.5) is 16.0 Å². The van der Waals surface area contributed by atoms with Crippen molar-refractivity contribution in [2.24, 2.45) is 0 Å². The van der Waals surface area contributed by atoms with Gasteiger partial charge in [-0.15, -0.1) is 0 Å². The summed E-state index contributed by atoms with van der Waals surface area (Å²) in [6.45, 7) is 0. The van der Waals surface area contributed by atoms with Gasteiger partial charge in [-0.2, -0.15) is 15.0 Å². The molecule has 18 heavy (non-hydrogen) atoms. The van der Waals surface area contributed by atoms with E-state index in [1.165, 1.54) is 13.2 Å². The monoisotopic (exact) mass is 332 g/mol. The minimum Gasteiger partial charge on any atom is -0.467 e. The smallest absolute Gasteiger partial charge is 0.322 e. The molecule has 0 bridgehead atoms. The molecule has 0 saturated carbocycles. The van der Waals surface area contributed by atoms with Crippen molar-refractivity contribution in [3.8, 4) is 6.01 Å². The van der Waals surface area contributed by atoms with E-state index in [0.717, 1.165) is 0 Å². The number of benzene rings is 1. The lowest BCUT2D eigenvalue weighted by Crippen LogP contribution is -2.01. The molecule has 0 radical (unpaired) electrons. The summed E-state index contributed by atoms with van der Waals surface area (Å²) < 4.78 is 18.3. The number of anilines is 2. The number of hydrogen-bond acceptors (Lipinski definition) is 5. The second-order valence-corrected chi connectivity index (χ2v) is 4.36. The van der Waals surface area contributed by atoms with Gasteiger partial charge in [0.15, 0.2) is 0 Å². The van der Waals surface area contributed by atoms with Gasteiger partial charge in [0, 0.05) is 5.69 Å². The molecule has 5 nitrogen and oxygen atoms in total. The second-order valence-electron chi connectivity index (χ2n) is 3.17. The second kappa shape index (κ2) is 5.45. The van der Waals surface area contributed by atoms with E-state index in [-0.39, 0.29) is 23.1 Å². The molecule has 0 aliphatic rings. The predicted molar refractivity (Wildman–Crippen MR) is 68.8 cm³/mol. The molecule has 0 aliphatic carbocycles. The van der Waals surface area contributed by atoms with Gasteiger partial charge in [-0.3, -0.25) is 0 Å². The molecule has 8 heteroatoms. The molecular formula is C10H7BrClFN4O. The fourth-order valence-electron chi connectivity index (χ4n) is 1.18. The summed E-state index contributed by atoms with van der Waals surface area (Å²) >= 11 is 8.78. The Kier molecular flexibility index (Phi) is 3.93. The molecule has 0 amide bonds. The lowest BCUT2D eigenvalue weighted by atomic mass is 10.3. The molecule has 0 aliphatic heterocycles. The summed E-state index contributed by atoms with van der Waals surface area (Å²) in [6, 6.07) is 4.51. The van der Waals surface area contributed by atoms with Gasteiger partial charge < -0.3 is 10.1 Å². The van der Waals surface area contributed by atoms with Crippen molar-refractivity contribution in [2.75, 3.05) is 12.4 Å². The molecule has 1 heterocycles. The Balaban J connectivity index is 2.27. The minimum absolute atomic E-state index is 0.00512. The third-order valence-corrected chi connectivity index (χ3v) is 2.72. The Morgan fingerprint density at radius 1 is 1.33 bits per heavy atom. The van der Waals surface area contributed by atoms with Crippen LogP contribution < -0.4 is 10.1 Å². The molecule has 0 unspecified atom stereocenters. The first-order valence-electron chi connectivity index (χ1n) is 4.76. The van der Waals surface area contributed by atoms with Gasteiger partial charge in [0.2, 0.25) is 11.2 Å². The van der Waals surface area contributed by atoms with Crippen LogP contribution in [0.25, 0.3) is 0 Å². The van der Waals surface area contributed by atoms with Crippen molar-refractivity contribution in [1.82, 2.24) is 15.0 Å². The van der Waals surface area contributed by atoms with Crippen molar-refractivity contribution >= 4 is 39.2 Å². The van der Waals surface area contributed by atoms with Gasteiger partial charge in [-0.05, 0) is 45.7 Å². The third-order valence-electron chi connectivity index (χ3n) is 1.95. The van der Waals surface area contributed by atoms with E-state index >= 15 is 0 Å². The van der Waals surface area contributed by atoms with E-state index < -0.39 is 0 Å². The van der Waals surface area contributed by atoms with E-state index in [1.54, 1.807) is 12.1 Å². The molecule has 1 aromatic heterocycles. The molecule has 94 valence electrons. The first-order chi connectivity index (χ1) is 8.58. The van der Waals surface area contributed by atoms with Gasteiger partial charge in [-0.25, -0.2) is 4.39 Å². The van der Waals surface area contributed by atoms with Crippen molar-refractivity contribution in [2.45, 2.75) is 0 Å². The topological polar surface area (TPSA) is 59.9 Å². The van der Waals surface area contributed by atoms with Crippen LogP contribution in [-0.4, -0.2) is 22.1 Å². The maximum Gasteiger partial charge on any atom is 0.322 e. The zero-order valence-corrected chi connectivity index (χ0v) is 11.5. The highest BCUT2D eigenvalue weighted by Crippen LogP contribution is 2.22. The standard InChI is InChI=1S/C10H7BrClFN4O/c1-18-10-16-8(12)15-9(17-10)14-5-2-3-7(13)6(11)4-5/h2-4H,1H3,(H,14,15,16,17). The van der Waals surface area contributed by atoms with Crippen LogP contribution in [0, 0.1) is 5.82 Å². The summed E-state index contributed by atoms with van der Waals surface area (Å²) in [5.41, 5.74) is 0.604. The maximum atomic E-state index is 13.1. The Morgan fingerprint density at radius 3 is 2.78 bits per heavy atom. The van der Waals surface area contributed by atoms with E-state index in [1.807, 2.05) is 0 Å². The number of methoxy groups -OCH3 is 1. The number of rotatable bonds is 3. The highest BCUT2D eigenvalue weighted by atomic mass is 79.9. The average Bonchev–Trinajstić information content (AvgIpc) is 2.33. The lowest BCUT2D eigenvalue weighted by Gasteiger charge is -2.06. The number of hydrogen-bond donors (Lipinski definition) is 1. The molecule has 1 aromatic carbocycles. The summed E-state index contributed by atoms with van der Waals surface area (Å²) in [4.78, 5) is 11.6. The van der Waals surface area contributed by atoms with E-state index in [0.29, 0.717) is 10.2 Å². The molecule has 2 rings (SSSR count). The van der Waals surface area contributed by atoms with Crippen molar-refractivity contribution < 1.29 is 9.13 Å². The van der Waals surface area contributed by atoms with Crippen LogP contribution in [0.15, 0.2) is 22.7 Å². The first kappa shape index (κ1) is 13.0. The molecule has 0 saturated heterocycles. The summed E-state index contributed by atoms with van der Waals surface area (Å²) in [7, 11) is 1.42. The highest BCUT2D eigenvalue weighted by Gasteiger charge is 2.06. The average molecular weight is 334 g/mol. The first-order valence-corrected chi connectivity index (χ1v) is 5.93. The van der Waals surface area contributed by atoms with Crippen LogP contribution in [0.1, 0.15) is 0 Å². The highest BCUT2D eigenvalue weighted by molar-refractivity contribution is 9.10. The molecule has 1 N–H and O–H groups in total. The number of nitrogens with one attached hydrogen (secondary N) is 1. The van der Waals surface area contributed by atoms with Crippen LogP contribution in [0.3, 0.4) is 0 Å². The lowest BCUT2D eigenvalue weighted by molar-refractivity contribution is 0.379. The molecular weight excluding hydrogens is 326 g/mol. The van der Waals surface area contributed by atoms with Crippen LogP contribution in [0.5, 0.6) is 6.01 Å². The minimum atomic E-state index is -0.355. The van der Waals surface area contributed by atoms with E-state index in [4.69, 9.17) is 16.3 Å². The van der Waals surface area contributed by atoms with Gasteiger partial charge in [0.1, 0.15) is 5.82 Å². The van der Waals surface area contributed by atoms with Crippen LogP contribution >= 0.6 is 27.5 Å². The fourth-order valence-corrected chi connectivity index (χ4v) is 1.71. The van der Waals surface area contributed by atoms with Crippen molar-refractivity contribution in [3.63, 3.8) is 0 Å². The fraction of sp³-hybridized carbons (Fsp3) is 0.100. The zero-order chi connectivity index (χ0) is 13.1. The van der Waals surface area contributed by atoms with E-state index in [2.05, 4.69) is 36.2 Å². The Hall–Kier alpha value is -1.47. The maximum absolute atomic E-state index is 13.1. The molecule has 2 aromatic rings. The largest absolute Gasteiger partial charge is 0.467 e. The summed E-state index contributed by atoms with van der Waals surface area (Å²) in [5.74, 6) is -0.142. The van der Waals surface area contributed by atoms with E-state index in [9.17, 15) is 4.39 Å². The van der Waals surface area contributed by atoms with Gasteiger partial charge >= 0.3 is 6.01 Å². The Morgan fingerprint density at radius 2 is 2.11 bits per heavy atom. The molecule has 0 spiro atoms. The van der Waals surface area contributed by atoms with Gasteiger partial charge in [-0.1, -0.05) is 0 Å². The molecule has 0 atom stereocenters. The van der Waals surface area contributed by atoms with Gasteiger partial charge in [0.25, 0.3) is 0 Å². The Bertz CT molecular complexity index is 584. The third kappa shape index (κ3) is 3.05. The van der Waals surface area contributed by atoms with Crippen molar-refractivity contribution in [1.29, 1.82) is 0 Å². The van der Waals surface area contributed by atoms with Crippen LogP contribution in [-0.2, 0) is 0 Å². The Labute approximate surface area is 116 Å². The molecule has 0 fully saturated rings. The quantitative estimate of drug-likeness (QED) is 0.935. The normalized spacial score (nSPS) is 10.2. The van der Waals surface area contributed by atoms with Crippen LogP contribution in [0.2, 0.25) is 5.28 Å². The predicted octanol–water partition coefficient (Wildman–Crippen LogP) is 3.18. The number of ether oxygens (including phenoxy) is 1. The number of aromatic nitrogens is 3. The number of nitrogens with zero attached hydrogens (tertiary/aromatic N) is 3. The van der Waals surface area contributed by atoms with Crippen molar-refractivity contribution in [3.05, 3.63) is 33.8 Å². The zero-order valence-electron chi connectivity index (χ0n) is 9.12. The summed E-state index contributed by atoms with van der Waals surface area (Å²) in [6.07, 6.45) is 0. The summed E-state index contributed by atoms with van der Waals surface area (Å²) in [5, 5.41) is 2.87. The SMILES string of the molecule is COc1nc(Cl)nc(Nc2ccc(F)c(Br)c2)n1.